The second kappa shape index (κ2) is 8.00. The first-order chi connectivity index (χ1) is 12.0. The van der Waals surface area contributed by atoms with Crippen LogP contribution < -0.4 is 4.74 Å². The van der Waals surface area contributed by atoms with E-state index in [1.807, 2.05) is 0 Å². The average Bonchev–Trinajstić information content (AvgIpc) is 3.07. The molecule has 1 heterocycles. The number of methoxy groups -OCH3 is 3. The summed E-state index contributed by atoms with van der Waals surface area (Å²) in [6, 6.07) is 4.83. The van der Waals surface area contributed by atoms with Crippen LogP contribution in [-0.2, 0) is 34.3 Å². The molecular weight excluding hydrogens is 332 g/mol. The van der Waals surface area contributed by atoms with Crippen molar-refractivity contribution in [2.45, 2.75) is 12.7 Å². The maximum atomic E-state index is 12.4. The molecule has 0 radical (unpaired) electrons. The zero-order chi connectivity index (χ0) is 18.4. The van der Waals surface area contributed by atoms with Crippen LogP contribution >= 0.6 is 0 Å². The van der Waals surface area contributed by atoms with E-state index in [9.17, 15) is 9.59 Å². The van der Waals surface area contributed by atoms with Crippen LogP contribution in [0.3, 0.4) is 0 Å². The van der Waals surface area contributed by atoms with Gasteiger partial charge < -0.3 is 28.4 Å². The minimum Gasteiger partial charge on any atom is -0.500 e. The molecule has 1 aliphatic rings. The lowest BCUT2D eigenvalue weighted by Crippen LogP contribution is -2.26. The Balaban J connectivity index is 2.52. The van der Waals surface area contributed by atoms with Crippen molar-refractivity contribution in [3.63, 3.8) is 0 Å². The number of carbonyl (C=O) groups is 2. The van der Waals surface area contributed by atoms with Gasteiger partial charge in [0.25, 0.3) is 0 Å². The van der Waals surface area contributed by atoms with Crippen molar-refractivity contribution in [2.24, 2.45) is 0 Å². The molecule has 1 saturated heterocycles. The van der Waals surface area contributed by atoms with Crippen molar-refractivity contribution in [3.8, 4) is 5.75 Å². The van der Waals surface area contributed by atoms with Crippen LogP contribution in [0.25, 0.3) is 0 Å². The van der Waals surface area contributed by atoms with E-state index in [1.54, 1.807) is 19.1 Å². The lowest BCUT2D eigenvalue weighted by molar-refractivity contribution is -0.150. The van der Waals surface area contributed by atoms with Crippen LogP contribution in [-0.4, -0.2) is 46.5 Å². The van der Waals surface area contributed by atoms with Crippen LogP contribution in [0.2, 0.25) is 0 Å². The average molecular weight is 352 g/mol. The minimum atomic E-state index is -1.13. The molecule has 1 aromatic carbocycles. The van der Waals surface area contributed by atoms with Gasteiger partial charge in [-0.25, -0.2) is 9.59 Å². The van der Waals surface area contributed by atoms with Crippen molar-refractivity contribution < 1.29 is 38.0 Å². The van der Waals surface area contributed by atoms with Gasteiger partial charge in [0.2, 0.25) is 5.76 Å². The molecule has 25 heavy (non-hydrogen) atoms. The van der Waals surface area contributed by atoms with Crippen molar-refractivity contribution in [2.75, 3.05) is 34.5 Å². The van der Waals surface area contributed by atoms with Gasteiger partial charge >= 0.3 is 11.9 Å². The van der Waals surface area contributed by atoms with E-state index in [2.05, 4.69) is 4.74 Å². The van der Waals surface area contributed by atoms with Crippen LogP contribution in [0.1, 0.15) is 22.8 Å². The molecule has 0 aliphatic carbocycles. The number of ether oxygens (including phenoxy) is 6. The third-order valence-corrected chi connectivity index (χ3v) is 3.57. The van der Waals surface area contributed by atoms with E-state index in [4.69, 9.17) is 23.7 Å². The van der Waals surface area contributed by atoms with E-state index in [0.717, 1.165) is 6.26 Å². The van der Waals surface area contributed by atoms with Crippen molar-refractivity contribution >= 4 is 11.9 Å². The first kappa shape index (κ1) is 18.8. The fourth-order valence-electron chi connectivity index (χ4n) is 2.42. The highest BCUT2D eigenvalue weighted by Crippen LogP contribution is 2.37. The molecule has 1 aliphatic heterocycles. The van der Waals surface area contributed by atoms with Crippen molar-refractivity contribution in [3.05, 3.63) is 41.3 Å². The molecular formula is C17H20O8. The van der Waals surface area contributed by atoms with E-state index < -0.39 is 17.7 Å². The molecule has 0 amide bonds. The lowest BCUT2D eigenvalue weighted by Gasteiger charge is -2.25. The van der Waals surface area contributed by atoms with Gasteiger partial charge in [0, 0.05) is 5.56 Å². The molecule has 0 N–H and O–H groups in total. The maximum absolute atomic E-state index is 12.4. The Morgan fingerprint density at radius 2 is 1.80 bits per heavy atom. The Hall–Kier alpha value is -2.58. The number of esters is 2. The standard InChI is InChI=1S/C17H20O8/c1-17(23-8-9-24-17)11-6-5-7-12(14(11)16(19)22-4)25-13(10-20-2)15(18)21-3/h5-7,10H,8-9H2,1-4H3. The Labute approximate surface area is 145 Å². The summed E-state index contributed by atoms with van der Waals surface area (Å²) in [6.07, 6.45) is 1.07. The largest absolute Gasteiger partial charge is 0.500 e. The quantitative estimate of drug-likeness (QED) is 0.434. The van der Waals surface area contributed by atoms with Gasteiger partial charge in [0.15, 0.2) is 5.79 Å². The van der Waals surface area contributed by atoms with Gasteiger partial charge in [-0.15, -0.1) is 0 Å². The fourth-order valence-corrected chi connectivity index (χ4v) is 2.42. The van der Waals surface area contributed by atoms with E-state index in [1.165, 1.54) is 27.4 Å². The SMILES string of the molecule is COC=C(Oc1cccc(C2(C)OCCO2)c1C(=O)OC)C(=O)OC. The molecule has 0 bridgehead atoms. The van der Waals surface area contributed by atoms with Gasteiger partial charge in [-0.05, 0) is 13.0 Å². The molecule has 136 valence electrons. The lowest BCUT2D eigenvalue weighted by atomic mass is 9.99. The summed E-state index contributed by atoms with van der Waals surface area (Å²) in [5, 5.41) is 0. The highest BCUT2D eigenvalue weighted by atomic mass is 16.7. The van der Waals surface area contributed by atoms with E-state index in [-0.39, 0.29) is 17.1 Å². The maximum Gasteiger partial charge on any atom is 0.377 e. The number of rotatable bonds is 6. The summed E-state index contributed by atoms with van der Waals surface area (Å²) in [5.74, 6) is -2.70. The predicted octanol–water partition coefficient (Wildman–Crippen LogP) is 1.73. The molecule has 1 aromatic rings. The minimum absolute atomic E-state index is 0.0818. The Morgan fingerprint density at radius 3 is 2.36 bits per heavy atom. The van der Waals surface area contributed by atoms with Crippen molar-refractivity contribution in [1.82, 2.24) is 0 Å². The number of carbonyl (C=O) groups excluding carboxylic acids is 2. The summed E-state index contributed by atoms with van der Waals surface area (Å²) >= 11 is 0. The first-order valence-corrected chi connectivity index (χ1v) is 7.45. The normalized spacial score (nSPS) is 16.2. The molecule has 8 heteroatoms. The second-order valence-corrected chi connectivity index (χ2v) is 5.12. The molecule has 2 rings (SSSR count). The summed E-state index contributed by atoms with van der Waals surface area (Å²) < 4.78 is 31.1. The van der Waals surface area contributed by atoms with Crippen LogP contribution in [0.15, 0.2) is 30.2 Å². The molecule has 0 atom stereocenters. The number of hydrogen-bond acceptors (Lipinski definition) is 8. The molecule has 0 aromatic heterocycles. The number of benzene rings is 1. The van der Waals surface area contributed by atoms with E-state index >= 15 is 0 Å². The van der Waals surface area contributed by atoms with Crippen LogP contribution in [0.5, 0.6) is 5.75 Å². The van der Waals surface area contributed by atoms with Crippen LogP contribution in [0, 0.1) is 0 Å². The Morgan fingerprint density at radius 1 is 1.12 bits per heavy atom. The topological polar surface area (TPSA) is 89.5 Å². The summed E-state index contributed by atoms with van der Waals surface area (Å²) in [7, 11) is 3.80. The molecule has 1 fully saturated rings. The van der Waals surface area contributed by atoms with Gasteiger partial charge in [-0.1, -0.05) is 12.1 Å². The van der Waals surface area contributed by atoms with E-state index in [0.29, 0.717) is 18.8 Å². The third kappa shape index (κ3) is 3.92. The smallest absolute Gasteiger partial charge is 0.377 e. The molecule has 0 spiro atoms. The molecule has 0 saturated carbocycles. The third-order valence-electron chi connectivity index (χ3n) is 3.57. The molecule has 0 unspecified atom stereocenters. The first-order valence-electron chi connectivity index (χ1n) is 7.45. The number of hydrogen-bond donors (Lipinski definition) is 0. The highest BCUT2D eigenvalue weighted by molar-refractivity contribution is 5.95. The fraction of sp³-hybridized carbons (Fsp3) is 0.412. The Bertz CT molecular complexity index is 673. The predicted molar refractivity (Wildman–Crippen MR) is 84.8 cm³/mol. The summed E-state index contributed by atoms with van der Waals surface area (Å²) in [5.41, 5.74) is 0.510. The Kier molecular flexibility index (Phi) is 6.00. The summed E-state index contributed by atoms with van der Waals surface area (Å²) in [6.45, 7) is 2.47. The van der Waals surface area contributed by atoms with Crippen LogP contribution in [0.4, 0.5) is 0 Å². The van der Waals surface area contributed by atoms with Gasteiger partial charge in [-0.2, -0.15) is 0 Å². The monoisotopic (exact) mass is 352 g/mol. The summed E-state index contributed by atoms with van der Waals surface area (Å²) in [4.78, 5) is 24.2. The highest BCUT2D eigenvalue weighted by Gasteiger charge is 2.38. The zero-order valence-electron chi connectivity index (χ0n) is 14.5. The van der Waals surface area contributed by atoms with Gasteiger partial charge in [-0.3, -0.25) is 0 Å². The zero-order valence-corrected chi connectivity index (χ0v) is 14.5. The van der Waals surface area contributed by atoms with Gasteiger partial charge in [0.05, 0.1) is 34.5 Å². The molecule has 8 nitrogen and oxygen atoms in total. The second-order valence-electron chi connectivity index (χ2n) is 5.12. The van der Waals surface area contributed by atoms with Crippen molar-refractivity contribution in [1.29, 1.82) is 0 Å². The van der Waals surface area contributed by atoms with Gasteiger partial charge in [0.1, 0.15) is 17.6 Å².